The average Bonchev–Trinajstić information content (AvgIpc) is 2.52. The first-order valence-electron chi connectivity index (χ1n) is 7.82. The summed E-state index contributed by atoms with van der Waals surface area (Å²) in [7, 11) is -3.31. The van der Waals surface area contributed by atoms with Gasteiger partial charge in [-0.3, -0.25) is 0 Å². The van der Waals surface area contributed by atoms with Crippen LogP contribution in [0.25, 0.3) is 0 Å². The molecule has 0 saturated carbocycles. The van der Waals surface area contributed by atoms with Crippen LogP contribution in [0.4, 0.5) is 0 Å². The van der Waals surface area contributed by atoms with Crippen molar-refractivity contribution in [3.63, 3.8) is 0 Å². The third-order valence-corrected chi connectivity index (χ3v) is 5.40. The molecule has 0 aliphatic rings. The summed E-state index contributed by atoms with van der Waals surface area (Å²) < 4.78 is 24.8. The van der Waals surface area contributed by atoms with E-state index in [9.17, 15) is 13.2 Å². The number of hydrogen-bond donors (Lipinski definition) is 0. The largest absolute Gasteiger partial charge is 0.300 e. The lowest BCUT2D eigenvalue weighted by molar-refractivity contribution is -0.117. The van der Waals surface area contributed by atoms with Crippen molar-refractivity contribution in [1.29, 1.82) is 0 Å². The molecule has 0 fully saturated rings. The smallest absolute Gasteiger partial charge is 0.182 e. The van der Waals surface area contributed by atoms with Gasteiger partial charge in [-0.2, -0.15) is 0 Å². The summed E-state index contributed by atoms with van der Waals surface area (Å²) in [6.07, 6.45) is 3.30. The summed E-state index contributed by atoms with van der Waals surface area (Å²) in [6.45, 7) is 1.61. The van der Waals surface area contributed by atoms with Gasteiger partial charge in [-0.15, -0.1) is 0 Å². The van der Waals surface area contributed by atoms with Crippen LogP contribution in [0.15, 0.2) is 59.5 Å². The molecule has 0 spiro atoms. The standard InChI is InChI=1S/C19H22O3S/c1-16(20)8-5-6-9-17-10-7-11-18(14-17)15-23(21,22)19-12-3-2-4-13-19/h2-4,7,10-14H,5-6,8-9,15H2,1H3. The Morgan fingerprint density at radius 2 is 1.61 bits per heavy atom. The van der Waals surface area contributed by atoms with E-state index in [0.717, 1.165) is 30.4 Å². The van der Waals surface area contributed by atoms with Crippen molar-refractivity contribution >= 4 is 15.6 Å². The fraction of sp³-hybridized carbons (Fsp3) is 0.316. The first-order valence-corrected chi connectivity index (χ1v) is 9.48. The molecule has 0 aromatic heterocycles. The van der Waals surface area contributed by atoms with Crippen LogP contribution in [0.3, 0.4) is 0 Å². The topological polar surface area (TPSA) is 51.2 Å². The summed E-state index contributed by atoms with van der Waals surface area (Å²) >= 11 is 0. The van der Waals surface area contributed by atoms with E-state index in [1.54, 1.807) is 37.3 Å². The molecule has 2 aromatic carbocycles. The Bertz CT molecular complexity index is 749. The van der Waals surface area contributed by atoms with Crippen LogP contribution in [0, 0.1) is 0 Å². The van der Waals surface area contributed by atoms with Crippen molar-refractivity contribution in [3.05, 3.63) is 65.7 Å². The number of sulfone groups is 1. The Kier molecular flexibility index (Phi) is 6.11. The molecule has 23 heavy (non-hydrogen) atoms. The van der Waals surface area contributed by atoms with Crippen molar-refractivity contribution in [1.82, 2.24) is 0 Å². The van der Waals surface area contributed by atoms with Gasteiger partial charge < -0.3 is 4.79 Å². The highest BCUT2D eigenvalue weighted by molar-refractivity contribution is 7.90. The second-order valence-corrected chi connectivity index (χ2v) is 7.79. The van der Waals surface area contributed by atoms with Crippen LogP contribution in [-0.4, -0.2) is 14.2 Å². The van der Waals surface area contributed by atoms with Gasteiger partial charge in [0.05, 0.1) is 10.6 Å². The molecule has 2 aromatic rings. The van der Waals surface area contributed by atoms with Gasteiger partial charge in [-0.05, 0) is 49.4 Å². The van der Waals surface area contributed by atoms with Gasteiger partial charge in [0.2, 0.25) is 0 Å². The highest BCUT2D eigenvalue weighted by Gasteiger charge is 2.14. The normalized spacial score (nSPS) is 11.3. The zero-order valence-corrected chi connectivity index (χ0v) is 14.2. The van der Waals surface area contributed by atoms with E-state index in [0.29, 0.717) is 11.3 Å². The lowest BCUT2D eigenvalue weighted by Crippen LogP contribution is -2.05. The number of unbranched alkanes of at least 4 members (excludes halogenated alkanes) is 1. The number of hydrogen-bond acceptors (Lipinski definition) is 3. The van der Waals surface area contributed by atoms with Crippen molar-refractivity contribution in [2.45, 2.75) is 43.3 Å². The van der Waals surface area contributed by atoms with E-state index in [4.69, 9.17) is 0 Å². The van der Waals surface area contributed by atoms with Gasteiger partial charge in [0.25, 0.3) is 0 Å². The number of benzene rings is 2. The first-order chi connectivity index (χ1) is 11.0. The molecule has 0 bridgehead atoms. The Morgan fingerprint density at radius 1 is 0.913 bits per heavy atom. The van der Waals surface area contributed by atoms with Crippen LogP contribution in [-0.2, 0) is 26.8 Å². The minimum atomic E-state index is -3.31. The van der Waals surface area contributed by atoms with Gasteiger partial charge in [0.15, 0.2) is 9.84 Å². The summed E-state index contributed by atoms with van der Waals surface area (Å²) in [5, 5.41) is 0. The second kappa shape index (κ2) is 8.06. The first kappa shape index (κ1) is 17.4. The van der Waals surface area contributed by atoms with E-state index >= 15 is 0 Å². The van der Waals surface area contributed by atoms with Gasteiger partial charge in [-0.1, -0.05) is 42.5 Å². The van der Waals surface area contributed by atoms with E-state index in [1.165, 1.54) is 0 Å². The molecule has 0 saturated heterocycles. The molecule has 2 rings (SSSR count). The number of Topliss-reactive ketones (excluding diaryl/α,β-unsaturated/α-hetero) is 1. The molecule has 3 nitrogen and oxygen atoms in total. The molecule has 0 heterocycles. The average molecular weight is 330 g/mol. The minimum absolute atomic E-state index is 0.0122. The van der Waals surface area contributed by atoms with Crippen molar-refractivity contribution < 1.29 is 13.2 Å². The quantitative estimate of drug-likeness (QED) is 0.688. The van der Waals surface area contributed by atoms with Crippen LogP contribution < -0.4 is 0 Å². The van der Waals surface area contributed by atoms with E-state index < -0.39 is 9.84 Å². The predicted molar refractivity (Wildman–Crippen MR) is 92.0 cm³/mol. The number of aryl methyl sites for hydroxylation is 1. The highest BCUT2D eigenvalue weighted by atomic mass is 32.2. The maximum absolute atomic E-state index is 12.4. The lowest BCUT2D eigenvalue weighted by atomic mass is 10.0. The van der Waals surface area contributed by atoms with Gasteiger partial charge in [-0.25, -0.2) is 8.42 Å². The molecular formula is C19H22O3S. The summed E-state index contributed by atoms with van der Waals surface area (Å²) in [4.78, 5) is 11.3. The fourth-order valence-corrected chi connectivity index (χ4v) is 3.87. The molecule has 0 aliphatic heterocycles. The molecule has 122 valence electrons. The second-order valence-electron chi connectivity index (χ2n) is 5.80. The van der Waals surface area contributed by atoms with Crippen LogP contribution in [0.2, 0.25) is 0 Å². The van der Waals surface area contributed by atoms with Gasteiger partial charge >= 0.3 is 0 Å². The minimum Gasteiger partial charge on any atom is -0.300 e. The lowest BCUT2D eigenvalue weighted by Gasteiger charge is -2.07. The van der Waals surface area contributed by atoms with Crippen molar-refractivity contribution in [3.8, 4) is 0 Å². The maximum atomic E-state index is 12.4. The summed E-state index contributed by atoms with van der Waals surface area (Å²) in [6, 6.07) is 16.2. The highest BCUT2D eigenvalue weighted by Crippen LogP contribution is 2.17. The van der Waals surface area contributed by atoms with E-state index in [1.807, 2.05) is 24.3 Å². The predicted octanol–water partition coefficient (Wildman–Crippen LogP) is 3.96. The number of ketones is 1. The maximum Gasteiger partial charge on any atom is 0.182 e. The Balaban J connectivity index is 2.01. The molecule has 0 radical (unpaired) electrons. The molecule has 0 unspecified atom stereocenters. The van der Waals surface area contributed by atoms with Crippen LogP contribution in [0.1, 0.15) is 37.3 Å². The summed E-state index contributed by atoms with van der Waals surface area (Å²) in [5.41, 5.74) is 1.92. The third-order valence-electron chi connectivity index (χ3n) is 3.69. The molecule has 0 atom stereocenters. The molecule has 0 amide bonds. The van der Waals surface area contributed by atoms with Crippen molar-refractivity contribution in [2.24, 2.45) is 0 Å². The molecule has 0 N–H and O–H groups in total. The SMILES string of the molecule is CC(=O)CCCCc1cccc(CS(=O)(=O)c2ccccc2)c1. The number of carbonyl (C=O) groups is 1. The molecular weight excluding hydrogens is 308 g/mol. The van der Waals surface area contributed by atoms with Crippen LogP contribution >= 0.6 is 0 Å². The monoisotopic (exact) mass is 330 g/mol. The fourth-order valence-electron chi connectivity index (χ4n) is 2.51. The van der Waals surface area contributed by atoms with Crippen molar-refractivity contribution in [2.75, 3.05) is 0 Å². The molecule has 0 aliphatic carbocycles. The zero-order chi connectivity index (χ0) is 16.7. The van der Waals surface area contributed by atoms with E-state index in [-0.39, 0.29) is 11.5 Å². The Morgan fingerprint density at radius 3 is 2.30 bits per heavy atom. The Labute approximate surface area is 138 Å². The third kappa shape index (κ3) is 5.64. The number of rotatable bonds is 8. The number of carbonyl (C=O) groups excluding carboxylic acids is 1. The van der Waals surface area contributed by atoms with Gasteiger partial charge in [0, 0.05) is 6.42 Å². The Hall–Kier alpha value is -1.94. The molecule has 4 heteroatoms. The zero-order valence-electron chi connectivity index (χ0n) is 13.4. The van der Waals surface area contributed by atoms with Crippen LogP contribution in [0.5, 0.6) is 0 Å². The summed E-state index contributed by atoms with van der Waals surface area (Å²) in [5.74, 6) is 0.228. The van der Waals surface area contributed by atoms with E-state index in [2.05, 4.69) is 0 Å². The van der Waals surface area contributed by atoms with Gasteiger partial charge in [0.1, 0.15) is 5.78 Å².